The number of benzene rings is 1. The molecule has 1 saturated heterocycles. The molecular formula is C18H20N4OS. The minimum absolute atomic E-state index is 0.0312. The Bertz CT molecular complexity index is 723. The molecule has 1 aliphatic rings. The van der Waals surface area contributed by atoms with Gasteiger partial charge in [0.2, 0.25) is 0 Å². The van der Waals surface area contributed by atoms with E-state index < -0.39 is 0 Å². The van der Waals surface area contributed by atoms with Crippen molar-refractivity contribution in [1.29, 1.82) is 5.26 Å². The van der Waals surface area contributed by atoms with Gasteiger partial charge in [-0.25, -0.2) is 0 Å². The van der Waals surface area contributed by atoms with Crippen molar-refractivity contribution in [2.24, 2.45) is 5.92 Å². The Labute approximate surface area is 145 Å². The van der Waals surface area contributed by atoms with Crippen LogP contribution in [0.1, 0.15) is 33.6 Å². The molecule has 5 nitrogen and oxygen atoms in total. The first-order valence-electron chi connectivity index (χ1n) is 8.12. The molecule has 2 aromatic rings. The van der Waals surface area contributed by atoms with E-state index in [1.165, 1.54) is 16.9 Å². The van der Waals surface area contributed by atoms with Crippen molar-refractivity contribution in [2.45, 2.75) is 19.4 Å². The molecule has 0 spiro atoms. The van der Waals surface area contributed by atoms with E-state index in [0.717, 1.165) is 32.5 Å². The predicted octanol–water partition coefficient (Wildman–Crippen LogP) is 2.66. The van der Waals surface area contributed by atoms with Gasteiger partial charge in [-0.3, -0.25) is 14.7 Å². The smallest absolute Gasteiger partial charge is 0.263 e. The van der Waals surface area contributed by atoms with E-state index in [0.29, 0.717) is 22.9 Å². The second-order valence-corrected chi connectivity index (χ2v) is 7.02. The number of nitrogens with zero attached hydrogens (tertiary/aromatic N) is 3. The highest BCUT2D eigenvalue weighted by Crippen LogP contribution is 2.19. The number of thiazole rings is 1. The number of aromatic nitrogens is 1. The third-order valence-corrected chi connectivity index (χ3v) is 5.04. The molecule has 3 rings (SSSR count). The lowest BCUT2D eigenvalue weighted by atomic mass is 9.97. The number of hydrogen-bond donors (Lipinski definition) is 1. The topological polar surface area (TPSA) is 69.0 Å². The minimum atomic E-state index is -0.0312. The normalized spacial score (nSPS) is 18.0. The second-order valence-electron chi connectivity index (χ2n) is 6.13. The number of nitriles is 1. The number of piperidine rings is 1. The van der Waals surface area contributed by atoms with Crippen LogP contribution in [0.2, 0.25) is 0 Å². The third kappa shape index (κ3) is 4.40. The van der Waals surface area contributed by atoms with Gasteiger partial charge >= 0.3 is 0 Å². The molecule has 24 heavy (non-hydrogen) atoms. The molecule has 6 heteroatoms. The van der Waals surface area contributed by atoms with Gasteiger partial charge < -0.3 is 5.32 Å². The van der Waals surface area contributed by atoms with Gasteiger partial charge in [0.25, 0.3) is 5.91 Å². The van der Waals surface area contributed by atoms with E-state index in [2.05, 4.69) is 27.3 Å². The summed E-state index contributed by atoms with van der Waals surface area (Å²) in [5.41, 5.74) is 3.55. The largest absolute Gasteiger partial charge is 0.351 e. The fourth-order valence-corrected chi connectivity index (χ4v) is 3.65. The first-order valence-corrected chi connectivity index (χ1v) is 9.00. The van der Waals surface area contributed by atoms with E-state index in [9.17, 15) is 4.79 Å². The zero-order chi connectivity index (χ0) is 16.8. The SMILES string of the molecule is N#Cc1cccc(CN2CCCC(CNC(=O)c3cncs3)C2)c1. The molecule has 1 aromatic heterocycles. The molecule has 1 unspecified atom stereocenters. The Hall–Kier alpha value is -2.23. The first-order chi connectivity index (χ1) is 11.7. The molecule has 0 radical (unpaired) electrons. The summed E-state index contributed by atoms with van der Waals surface area (Å²) < 4.78 is 0. The minimum Gasteiger partial charge on any atom is -0.351 e. The molecule has 124 valence electrons. The summed E-state index contributed by atoms with van der Waals surface area (Å²) in [6, 6.07) is 9.97. The van der Waals surface area contributed by atoms with Crippen molar-refractivity contribution in [1.82, 2.24) is 15.2 Å². The Morgan fingerprint density at radius 3 is 3.21 bits per heavy atom. The predicted molar refractivity (Wildman–Crippen MR) is 93.6 cm³/mol. The quantitative estimate of drug-likeness (QED) is 0.908. The lowest BCUT2D eigenvalue weighted by molar-refractivity contribution is 0.0934. The number of nitrogens with one attached hydrogen (secondary N) is 1. The summed E-state index contributed by atoms with van der Waals surface area (Å²) in [6.45, 7) is 3.59. The van der Waals surface area contributed by atoms with E-state index >= 15 is 0 Å². The fraction of sp³-hybridized carbons (Fsp3) is 0.389. The Morgan fingerprint density at radius 1 is 1.50 bits per heavy atom. The Morgan fingerprint density at radius 2 is 2.42 bits per heavy atom. The van der Waals surface area contributed by atoms with Crippen molar-refractivity contribution in [3.05, 3.63) is 52.0 Å². The van der Waals surface area contributed by atoms with E-state index in [4.69, 9.17) is 5.26 Å². The average Bonchev–Trinajstić information content (AvgIpc) is 3.15. The van der Waals surface area contributed by atoms with Gasteiger partial charge in [-0.1, -0.05) is 12.1 Å². The molecular weight excluding hydrogens is 320 g/mol. The standard InChI is InChI=1S/C18H20N4OS/c19-8-14-3-1-4-15(7-14)11-22-6-2-5-16(12-22)9-21-18(23)17-10-20-13-24-17/h1,3-4,7,10,13,16H,2,5-6,9,11-12H2,(H,21,23). The van der Waals surface area contributed by atoms with Crippen LogP contribution in [0.15, 0.2) is 36.0 Å². The highest BCUT2D eigenvalue weighted by Gasteiger charge is 2.21. The maximum Gasteiger partial charge on any atom is 0.263 e. The molecule has 0 saturated carbocycles. The zero-order valence-corrected chi connectivity index (χ0v) is 14.3. The highest BCUT2D eigenvalue weighted by molar-refractivity contribution is 7.11. The van der Waals surface area contributed by atoms with Crippen LogP contribution in [0.5, 0.6) is 0 Å². The van der Waals surface area contributed by atoms with Crippen LogP contribution in [-0.4, -0.2) is 35.4 Å². The monoisotopic (exact) mass is 340 g/mol. The molecule has 1 aliphatic heterocycles. The summed E-state index contributed by atoms with van der Waals surface area (Å²) in [6.07, 6.45) is 3.88. The van der Waals surface area contributed by atoms with Crippen molar-refractivity contribution in [3.8, 4) is 6.07 Å². The first kappa shape index (κ1) is 16.6. The van der Waals surface area contributed by atoms with Gasteiger partial charge in [-0.05, 0) is 43.0 Å². The van der Waals surface area contributed by atoms with Gasteiger partial charge in [0, 0.05) is 19.6 Å². The maximum absolute atomic E-state index is 12.0. The highest BCUT2D eigenvalue weighted by atomic mass is 32.1. The van der Waals surface area contributed by atoms with E-state index in [1.54, 1.807) is 11.7 Å². The van der Waals surface area contributed by atoms with E-state index in [1.807, 2.05) is 18.2 Å². The lowest BCUT2D eigenvalue weighted by Crippen LogP contribution is -2.40. The van der Waals surface area contributed by atoms with Gasteiger partial charge in [-0.15, -0.1) is 11.3 Å². The molecule has 0 aliphatic carbocycles. The Balaban J connectivity index is 1.51. The summed E-state index contributed by atoms with van der Waals surface area (Å²) in [5.74, 6) is 0.436. The third-order valence-electron chi connectivity index (χ3n) is 4.27. The van der Waals surface area contributed by atoms with Crippen LogP contribution in [0, 0.1) is 17.2 Å². The number of rotatable bonds is 5. The second kappa shape index (κ2) is 8.04. The van der Waals surface area contributed by atoms with Crippen LogP contribution in [0.4, 0.5) is 0 Å². The molecule has 1 atom stereocenters. The average molecular weight is 340 g/mol. The Kier molecular flexibility index (Phi) is 5.57. The van der Waals surface area contributed by atoms with E-state index in [-0.39, 0.29) is 5.91 Å². The molecule has 1 N–H and O–H groups in total. The number of carbonyl (C=O) groups is 1. The molecule has 1 fully saturated rings. The van der Waals surface area contributed by atoms with Crippen molar-refractivity contribution < 1.29 is 4.79 Å². The zero-order valence-electron chi connectivity index (χ0n) is 13.4. The van der Waals surface area contributed by atoms with Gasteiger partial charge in [0.15, 0.2) is 0 Å². The van der Waals surface area contributed by atoms with Gasteiger partial charge in [0.1, 0.15) is 4.88 Å². The summed E-state index contributed by atoms with van der Waals surface area (Å²) in [5, 5.41) is 12.0. The summed E-state index contributed by atoms with van der Waals surface area (Å²) >= 11 is 1.36. The fourth-order valence-electron chi connectivity index (χ4n) is 3.11. The van der Waals surface area contributed by atoms with Crippen LogP contribution in [0.25, 0.3) is 0 Å². The molecule has 0 bridgehead atoms. The van der Waals surface area contributed by atoms with Gasteiger partial charge in [0.05, 0.1) is 23.3 Å². The molecule has 1 amide bonds. The number of amides is 1. The van der Waals surface area contributed by atoms with Crippen LogP contribution in [-0.2, 0) is 6.54 Å². The van der Waals surface area contributed by atoms with Crippen molar-refractivity contribution in [2.75, 3.05) is 19.6 Å². The van der Waals surface area contributed by atoms with Crippen LogP contribution in [0.3, 0.4) is 0 Å². The number of likely N-dealkylation sites (tertiary alicyclic amines) is 1. The summed E-state index contributed by atoms with van der Waals surface area (Å²) in [7, 11) is 0. The lowest BCUT2D eigenvalue weighted by Gasteiger charge is -2.32. The van der Waals surface area contributed by atoms with Crippen molar-refractivity contribution in [3.63, 3.8) is 0 Å². The van der Waals surface area contributed by atoms with Crippen LogP contribution < -0.4 is 5.32 Å². The molecule has 1 aromatic carbocycles. The summed E-state index contributed by atoms with van der Waals surface area (Å²) in [4.78, 5) is 19.0. The number of hydrogen-bond acceptors (Lipinski definition) is 5. The van der Waals surface area contributed by atoms with Gasteiger partial charge in [-0.2, -0.15) is 5.26 Å². The molecule has 2 heterocycles. The number of carbonyl (C=O) groups excluding carboxylic acids is 1. The van der Waals surface area contributed by atoms with Crippen molar-refractivity contribution >= 4 is 17.2 Å². The van der Waals surface area contributed by atoms with Crippen LogP contribution >= 0.6 is 11.3 Å². The maximum atomic E-state index is 12.0.